The first-order valence-corrected chi connectivity index (χ1v) is 9.84. The molecule has 0 atom stereocenters. The Labute approximate surface area is 218 Å². The van der Waals surface area contributed by atoms with Crippen LogP contribution in [0, 0.1) is 0 Å². The van der Waals surface area contributed by atoms with Gasteiger partial charge in [0.25, 0.3) is 0 Å². The smallest absolute Gasteiger partial charge is 0.427 e. The molecule has 1 aromatic carbocycles. The zero-order valence-corrected chi connectivity index (χ0v) is 19.6. The van der Waals surface area contributed by atoms with Crippen LogP contribution in [0.2, 0.25) is 0 Å². The maximum atomic E-state index is 13.9. The number of nitrogens with two attached hydrogens (primary N) is 2. The predicted molar refractivity (Wildman–Crippen MR) is 94.2 cm³/mol. The Balaban J connectivity index is 3.77. The fourth-order valence-electron chi connectivity index (χ4n) is 2.41. The van der Waals surface area contributed by atoms with Gasteiger partial charge in [0, 0.05) is 6.07 Å². The number of halogens is 22. The van der Waals surface area contributed by atoms with E-state index in [0.29, 0.717) is 6.07 Å². The van der Waals surface area contributed by atoms with E-state index in [1.807, 2.05) is 0 Å². The maximum Gasteiger partial charge on any atom is 0.471 e. The molecule has 0 unspecified atom stereocenters. The van der Waals surface area contributed by atoms with Crippen LogP contribution >= 0.6 is 15.9 Å². The van der Waals surface area contributed by atoms with Crippen molar-refractivity contribution in [1.82, 2.24) is 0 Å². The summed E-state index contributed by atoms with van der Waals surface area (Å²) in [6.45, 7) is 0. The van der Waals surface area contributed by atoms with Crippen LogP contribution in [0.4, 0.5) is 104 Å². The minimum absolute atomic E-state index is 0.0219. The van der Waals surface area contributed by atoms with E-state index in [9.17, 15) is 92.2 Å². The summed E-state index contributed by atoms with van der Waals surface area (Å²) in [7, 11) is 0. The molecule has 41 heavy (non-hydrogen) atoms. The quantitative estimate of drug-likeness (QED) is 0.189. The number of alkyl halides is 21. The van der Waals surface area contributed by atoms with Crippen LogP contribution in [0.25, 0.3) is 0 Å². The molecule has 0 fully saturated rings. The van der Waals surface area contributed by atoms with E-state index in [2.05, 4.69) is 20.7 Å². The standard InChI is InChI=1S/C16H6BrF21N2O/c17-3-1-4(39)5(40)2-6(3)41-16(37,38)14(32,33)12(28,29)10(24,25)8(20,21)7(18,19)9(22,23)11(26,27)13(30,31)15(34,35)36/h1-2H,39-40H2. The molecule has 0 heterocycles. The molecule has 1 rings (SSSR count). The van der Waals surface area contributed by atoms with Crippen molar-refractivity contribution in [1.29, 1.82) is 0 Å². The maximum absolute atomic E-state index is 13.9. The number of anilines is 2. The van der Waals surface area contributed by atoms with Crippen molar-refractivity contribution >= 4 is 27.3 Å². The van der Waals surface area contributed by atoms with Crippen LogP contribution in [0.1, 0.15) is 0 Å². The van der Waals surface area contributed by atoms with Crippen molar-refractivity contribution in [3.05, 3.63) is 16.6 Å². The van der Waals surface area contributed by atoms with E-state index in [0.717, 1.165) is 0 Å². The van der Waals surface area contributed by atoms with Gasteiger partial charge in [-0.05, 0) is 22.0 Å². The van der Waals surface area contributed by atoms with Crippen molar-refractivity contribution in [2.24, 2.45) is 0 Å². The number of rotatable bonds is 10. The summed E-state index contributed by atoms with van der Waals surface area (Å²) in [6, 6.07) is 0.380. The lowest BCUT2D eigenvalue weighted by molar-refractivity contribution is -0.480. The summed E-state index contributed by atoms with van der Waals surface area (Å²) in [5.74, 6) is -73.0. The zero-order valence-electron chi connectivity index (χ0n) is 18.0. The highest BCUT2D eigenvalue weighted by Gasteiger charge is 2.98. The SMILES string of the molecule is Nc1cc(Br)c(OC(F)(F)C(F)(F)C(F)(F)C(F)(F)C(F)(F)C(F)(F)C(F)(F)C(F)(F)C(F)(F)C(F)(F)F)cc1N. The van der Waals surface area contributed by atoms with Gasteiger partial charge < -0.3 is 16.2 Å². The lowest BCUT2D eigenvalue weighted by atomic mass is 9.87. The second-order valence-corrected chi connectivity index (χ2v) is 8.48. The molecule has 4 N–H and O–H groups in total. The Bertz CT molecular complexity index is 1150. The fourth-order valence-corrected chi connectivity index (χ4v) is 2.85. The second-order valence-electron chi connectivity index (χ2n) is 7.62. The van der Waals surface area contributed by atoms with Crippen molar-refractivity contribution < 1.29 is 96.9 Å². The van der Waals surface area contributed by atoms with E-state index in [1.54, 1.807) is 0 Å². The first-order valence-electron chi connectivity index (χ1n) is 9.05. The Kier molecular flexibility index (Phi) is 8.56. The summed E-state index contributed by atoms with van der Waals surface area (Å²) < 4.78 is 282. The second kappa shape index (κ2) is 9.57. The van der Waals surface area contributed by atoms with Crippen LogP contribution in [-0.2, 0) is 0 Å². The predicted octanol–water partition coefficient (Wildman–Crippen LogP) is 8.23. The van der Waals surface area contributed by atoms with Crippen molar-refractivity contribution in [3.8, 4) is 5.75 Å². The van der Waals surface area contributed by atoms with Crippen LogP contribution < -0.4 is 16.2 Å². The molecule has 0 aliphatic carbocycles. The number of benzene rings is 1. The van der Waals surface area contributed by atoms with Gasteiger partial charge in [-0.25, -0.2) is 0 Å². The summed E-state index contributed by atoms with van der Waals surface area (Å²) in [5.41, 5.74) is 8.68. The van der Waals surface area contributed by atoms with Crippen molar-refractivity contribution in [2.45, 2.75) is 59.7 Å². The topological polar surface area (TPSA) is 61.3 Å². The minimum Gasteiger partial charge on any atom is -0.427 e. The number of hydrogen-bond donors (Lipinski definition) is 2. The number of hydrogen-bond acceptors (Lipinski definition) is 3. The van der Waals surface area contributed by atoms with Crippen LogP contribution in [-0.4, -0.2) is 59.7 Å². The molecule has 0 aromatic heterocycles. The van der Waals surface area contributed by atoms with Gasteiger partial charge in [0.1, 0.15) is 5.75 Å². The summed E-state index contributed by atoms with van der Waals surface area (Å²) >= 11 is 2.23. The highest BCUT2D eigenvalue weighted by Crippen LogP contribution is 2.66. The molecule has 0 bridgehead atoms. The van der Waals surface area contributed by atoms with Crippen molar-refractivity contribution in [2.75, 3.05) is 11.5 Å². The average Bonchev–Trinajstić information content (AvgIpc) is 2.75. The van der Waals surface area contributed by atoms with Crippen molar-refractivity contribution in [3.63, 3.8) is 0 Å². The highest BCUT2D eigenvalue weighted by atomic mass is 79.9. The van der Waals surface area contributed by atoms with E-state index in [1.165, 1.54) is 0 Å². The number of nitrogen functional groups attached to an aromatic ring is 2. The summed E-state index contributed by atoms with van der Waals surface area (Å²) in [6.07, 6.45) is -15.3. The van der Waals surface area contributed by atoms with Gasteiger partial charge in [0.05, 0.1) is 15.8 Å². The molecular weight excluding hydrogens is 715 g/mol. The van der Waals surface area contributed by atoms with Crippen LogP contribution in [0.15, 0.2) is 16.6 Å². The van der Waals surface area contributed by atoms with Gasteiger partial charge in [-0.3, -0.25) is 0 Å². The van der Waals surface area contributed by atoms with E-state index >= 15 is 0 Å². The van der Waals surface area contributed by atoms with Gasteiger partial charge in [-0.15, -0.1) is 0 Å². The minimum atomic E-state index is -9.24. The Morgan fingerprint density at radius 1 is 0.439 bits per heavy atom. The molecule has 0 aliphatic heterocycles. The lowest BCUT2D eigenvalue weighted by Crippen LogP contribution is -2.77. The monoisotopic (exact) mass is 720 g/mol. The third-order valence-corrected chi connectivity index (χ3v) is 5.48. The largest absolute Gasteiger partial charge is 0.471 e. The third-order valence-electron chi connectivity index (χ3n) is 4.86. The van der Waals surface area contributed by atoms with Gasteiger partial charge in [-0.1, -0.05) is 0 Å². The molecule has 0 saturated heterocycles. The average molecular weight is 721 g/mol. The molecule has 0 amide bonds. The van der Waals surface area contributed by atoms with E-state index in [-0.39, 0.29) is 6.07 Å². The van der Waals surface area contributed by atoms with Gasteiger partial charge in [0.15, 0.2) is 0 Å². The third kappa shape index (κ3) is 4.81. The molecule has 25 heteroatoms. The van der Waals surface area contributed by atoms with Gasteiger partial charge in [0.2, 0.25) is 0 Å². The normalized spacial score (nSPS) is 15.8. The molecule has 0 aliphatic rings. The summed E-state index contributed by atoms with van der Waals surface area (Å²) in [5, 5.41) is 0. The Morgan fingerprint density at radius 3 is 1.02 bits per heavy atom. The van der Waals surface area contributed by atoms with Gasteiger partial charge in [-0.2, -0.15) is 92.2 Å². The molecule has 0 spiro atoms. The molecule has 240 valence electrons. The molecule has 0 saturated carbocycles. The zero-order chi connectivity index (χ0) is 33.4. The Hall–Kier alpha value is -2.37. The molecule has 1 aromatic rings. The first kappa shape index (κ1) is 36.7. The molecule has 3 nitrogen and oxygen atoms in total. The Morgan fingerprint density at radius 2 is 0.707 bits per heavy atom. The molecular formula is C16H6BrF21N2O. The van der Waals surface area contributed by atoms with E-state index in [4.69, 9.17) is 11.5 Å². The van der Waals surface area contributed by atoms with Gasteiger partial charge >= 0.3 is 59.7 Å². The molecule has 0 radical (unpaired) electrons. The number of ether oxygens (including phenoxy) is 1. The lowest BCUT2D eigenvalue weighted by Gasteiger charge is -2.44. The fraction of sp³-hybridized carbons (Fsp3) is 0.625. The summed E-state index contributed by atoms with van der Waals surface area (Å²) in [4.78, 5) is 0. The van der Waals surface area contributed by atoms with Crippen LogP contribution in [0.3, 0.4) is 0 Å². The first-order chi connectivity index (χ1) is 17.5. The highest BCUT2D eigenvalue weighted by molar-refractivity contribution is 9.10. The van der Waals surface area contributed by atoms with Crippen LogP contribution in [0.5, 0.6) is 5.75 Å². The van der Waals surface area contributed by atoms with E-state index < -0.39 is 81.3 Å².